The maximum Gasteiger partial charge on any atom is 0.181 e. The number of pyridine rings is 1. The first kappa shape index (κ1) is 15.6. The molecule has 1 aromatic heterocycles. The fourth-order valence-corrected chi connectivity index (χ4v) is 1.92. The number of hydrogen-bond donors (Lipinski definition) is 0. The summed E-state index contributed by atoms with van der Waals surface area (Å²) in [7, 11) is 0. The van der Waals surface area contributed by atoms with Crippen LogP contribution in [-0.4, -0.2) is 0 Å². The van der Waals surface area contributed by atoms with E-state index in [1.807, 2.05) is 0 Å². The zero-order valence-corrected chi connectivity index (χ0v) is 11.2. The average molecular weight is 232 g/mol. The number of aromatic nitrogens is 1. The molecule has 0 saturated carbocycles. The molecule has 0 N–H and O–H groups in total. The number of unbranched alkanes of at least 4 members (excludes halogenated alkanes) is 3. The van der Waals surface area contributed by atoms with Gasteiger partial charge in [-0.3, -0.25) is 0 Å². The van der Waals surface area contributed by atoms with Crippen LogP contribution in [0.3, 0.4) is 0 Å². The Morgan fingerprint density at radius 1 is 1.06 bits per heavy atom. The van der Waals surface area contributed by atoms with E-state index in [9.17, 15) is 0 Å². The molecule has 1 rings (SSSR count). The molecule has 0 fully saturated rings. The van der Waals surface area contributed by atoms with Gasteiger partial charge >= 0.3 is 0 Å². The van der Waals surface area contributed by atoms with Gasteiger partial charge in [0.25, 0.3) is 0 Å². The van der Waals surface area contributed by atoms with Crippen LogP contribution in [-0.2, 0) is 13.0 Å². The van der Waals surface area contributed by atoms with Gasteiger partial charge in [0, 0.05) is 25.0 Å². The van der Waals surface area contributed by atoms with Gasteiger partial charge in [0.1, 0.15) is 6.54 Å². The normalized spacial score (nSPS) is 9.41. The maximum absolute atomic E-state index is 6.25. The van der Waals surface area contributed by atoms with Crippen LogP contribution in [0.5, 0.6) is 0 Å². The summed E-state index contributed by atoms with van der Waals surface area (Å²) < 4.78 is 2.42. The second-order valence-electron chi connectivity index (χ2n) is 4.20. The molecule has 0 aliphatic rings. The van der Waals surface area contributed by atoms with E-state index in [0.29, 0.717) is 0 Å². The lowest BCUT2D eigenvalue weighted by Gasteiger charge is -2.02. The molecular formula is C15H24N2. The lowest BCUT2D eigenvalue weighted by Crippen LogP contribution is -2.37. The molecule has 2 nitrogen and oxygen atoms in total. The van der Waals surface area contributed by atoms with Crippen LogP contribution in [0.4, 0.5) is 0 Å². The lowest BCUT2D eigenvalue weighted by molar-refractivity contribution is -0.704. The first-order chi connectivity index (χ1) is 8.38. The Hall–Kier alpha value is -1.36. The van der Waals surface area contributed by atoms with Crippen molar-refractivity contribution in [2.24, 2.45) is 0 Å². The predicted octanol–water partition coefficient (Wildman–Crippen LogP) is 3.60. The highest BCUT2D eigenvalue weighted by Crippen LogP contribution is 2.01. The van der Waals surface area contributed by atoms with E-state index in [0.717, 1.165) is 0 Å². The highest BCUT2D eigenvalue weighted by atomic mass is 14.9. The van der Waals surface area contributed by atoms with E-state index in [-0.39, 0.29) is 0 Å². The largest absolute Gasteiger partial charge is 0.512 e. The van der Waals surface area contributed by atoms with Gasteiger partial charge in [0.15, 0.2) is 11.9 Å². The third-order valence-corrected chi connectivity index (χ3v) is 2.79. The SMILES string of the molecule is CCCCCC[n+]1ccccc1CCC.[C-]#N. The average Bonchev–Trinajstić information content (AvgIpc) is 2.39. The Bertz CT molecular complexity index is 305. The van der Waals surface area contributed by atoms with Crippen LogP contribution in [0.1, 0.15) is 51.6 Å². The number of aryl methyl sites for hydroxylation is 2. The predicted molar refractivity (Wildman–Crippen MR) is 69.7 cm³/mol. The Morgan fingerprint density at radius 3 is 2.47 bits per heavy atom. The fourth-order valence-electron chi connectivity index (χ4n) is 1.92. The van der Waals surface area contributed by atoms with Crippen molar-refractivity contribution in [3.63, 3.8) is 0 Å². The van der Waals surface area contributed by atoms with E-state index in [1.165, 1.54) is 50.8 Å². The highest BCUT2D eigenvalue weighted by molar-refractivity contribution is 4.97. The molecule has 0 spiro atoms. The van der Waals surface area contributed by atoms with Crippen LogP contribution < -0.4 is 4.57 Å². The van der Waals surface area contributed by atoms with Gasteiger partial charge in [-0.2, -0.15) is 0 Å². The van der Waals surface area contributed by atoms with E-state index >= 15 is 0 Å². The molecule has 94 valence electrons. The summed E-state index contributed by atoms with van der Waals surface area (Å²) in [4.78, 5) is 0. The van der Waals surface area contributed by atoms with Gasteiger partial charge in [-0.05, 0) is 12.8 Å². The monoisotopic (exact) mass is 232 g/mol. The quantitative estimate of drug-likeness (QED) is 0.401. The minimum absolute atomic E-state index is 1.19. The Labute approximate surface area is 106 Å². The van der Waals surface area contributed by atoms with Gasteiger partial charge in [-0.15, -0.1) is 0 Å². The van der Waals surface area contributed by atoms with Crippen molar-refractivity contribution in [3.05, 3.63) is 36.7 Å². The highest BCUT2D eigenvalue weighted by Gasteiger charge is 2.06. The second kappa shape index (κ2) is 11.1. The van der Waals surface area contributed by atoms with Crippen molar-refractivity contribution < 1.29 is 4.57 Å². The zero-order chi connectivity index (χ0) is 12.9. The first-order valence-electron chi connectivity index (χ1n) is 6.58. The molecular weight excluding hydrogens is 208 g/mol. The van der Waals surface area contributed by atoms with Crippen LogP contribution in [0.25, 0.3) is 0 Å². The van der Waals surface area contributed by atoms with Crippen LogP contribution in [0.2, 0.25) is 0 Å². The third kappa shape index (κ3) is 6.73. The van der Waals surface area contributed by atoms with E-state index in [4.69, 9.17) is 11.8 Å². The molecule has 0 atom stereocenters. The third-order valence-electron chi connectivity index (χ3n) is 2.79. The molecule has 0 radical (unpaired) electrons. The molecule has 1 heterocycles. The van der Waals surface area contributed by atoms with Gasteiger partial charge in [0.05, 0.1) is 0 Å². The first-order valence-corrected chi connectivity index (χ1v) is 6.58. The summed E-state index contributed by atoms with van der Waals surface area (Å²) >= 11 is 0. The molecule has 0 aliphatic heterocycles. The summed E-state index contributed by atoms with van der Waals surface area (Å²) in [6, 6.07) is 6.54. The molecule has 0 bridgehead atoms. The van der Waals surface area contributed by atoms with Crippen LogP contribution >= 0.6 is 0 Å². The van der Waals surface area contributed by atoms with Crippen LogP contribution in [0.15, 0.2) is 24.4 Å². The number of rotatable bonds is 7. The van der Waals surface area contributed by atoms with Crippen molar-refractivity contribution in [1.29, 1.82) is 5.26 Å². The summed E-state index contributed by atoms with van der Waals surface area (Å²) in [5.74, 6) is 0. The zero-order valence-electron chi connectivity index (χ0n) is 11.2. The van der Waals surface area contributed by atoms with Crippen molar-refractivity contribution in [2.75, 3.05) is 0 Å². The minimum atomic E-state index is 1.19. The summed E-state index contributed by atoms with van der Waals surface area (Å²) in [6.07, 6.45) is 10.0. The van der Waals surface area contributed by atoms with Crippen LogP contribution in [0, 0.1) is 11.8 Å². The topological polar surface area (TPSA) is 27.7 Å². The maximum atomic E-state index is 6.25. The van der Waals surface area contributed by atoms with Gasteiger partial charge in [0.2, 0.25) is 0 Å². The summed E-state index contributed by atoms with van der Waals surface area (Å²) in [5, 5.41) is 6.25. The smallest absolute Gasteiger partial charge is 0.181 e. The molecule has 17 heavy (non-hydrogen) atoms. The molecule has 0 aliphatic carbocycles. The van der Waals surface area contributed by atoms with E-state index in [2.05, 4.69) is 42.8 Å². The Morgan fingerprint density at radius 2 is 1.82 bits per heavy atom. The van der Waals surface area contributed by atoms with Crippen molar-refractivity contribution in [3.8, 4) is 0 Å². The minimum Gasteiger partial charge on any atom is -0.512 e. The number of hydrogen-bond acceptors (Lipinski definition) is 1. The van der Waals surface area contributed by atoms with E-state index in [1.54, 1.807) is 0 Å². The van der Waals surface area contributed by atoms with Gasteiger partial charge in [-0.1, -0.05) is 32.8 Å². The Balaban J connectivity index is 0.00000121. The summed E-state index contributed by atoms with van der Waals surface area (Å²) in [6.45, 7) is 10.4. The molecule has 0 saturated heterocycles. The van der Waals surface area contributed by atoms with Crippen molar-refractivity contribution in [1.82, 2.24) is 0 Å². The van der Waals surface area contributed by atoms with Crippen molar-refractivity contribution >= 4 is 0 Å². The molecule has 0 amide bonds. The van der Waals surface area contributed by atoms with Gasteiger partial charge < -0.3 is 11.8 Å². The lowest BCUT2D eigenvalue weighted by atomic mass is 10.2. The standard InChI is InChI=1S/C14H24N.CN/c1-3-5-6-8-12-15-13-9-7-11-14(15)10-4-2;1-2/h7,9,11,13H,3-6,8,10,12H2,1-2H3;/q+1;-1. The molecule has 0 aromatic carbocycles. The fraction of sp³-hybridized carbons (Fsp3) is 0.600. The number of nitrogens with zero attached hydrogens (tertiary/aromatic N) is 2. The van der Waals surface area contributed by atoms with Crippen molar-refractivity contribution in [2.45, 2.75) is 58.9 Å². The van der Waals surface area contributed by atoms with E-state index < -0.39 is 0 Å². The molecule has 1 aromatic rings. The molecule has 0 unspecified atom stereocenters. The molecule has 2 heteroatoms. The Kier molecular flexibility index (Phi) is 10.2. The summed E-state index contributed by atoms with van der Waals surface area (Å²) in [5.41, 5.74) is 1.48. The van der Waals surface area contributed by atoms with Gasteiger partial charge in [-0.25, -0.2) is 4.57 Å². The second-order valence-corrected chi connectivity index (χ2v) is 4.20.